The van der Waals surface area contributed by atoms with Crippen LogP contribution in [0.2, 0.25) is 0 Å². The summed E-state index contributed by atoms with van der Waals surface area (Å²) in [5, 5.41) is 11.4. The molecule has 0 spiro atoms. The number of hydrogen-bond acceptors (Lipinski definition) is 6. The number of aryl methyl sites for hydroxylation is 1. The Morgan fingerprint density at radius 1 is 1.28 bits per heavy atom. The third-order valence-electron chi connectivity index (χ3n) is 5.66. The van der Waals surface area contributed by atoms with Gasteiger partial charge in [0, 0.05) is 30.0 Å². The number of likely N-dealkylation sites (tertiary alicyclic amines) is 1. The SMILES string of the molecule is Cc1[nH]ncc1-c1ccc2nc(Nc3cc(CN4CCC[C@H]4C)ccn3)sc2c1. The number of nitrogens with one attached hydrogen (secondary N) is 2. The topological polar surface area (TPSA) is 69.7 Å². The van der Waals surface area contributed by atoms with E-state index < -0.39 is 0 Å². The summed E-state index contributed by atoms with van der Waals surface area (Å²) in [4.78, 5) is 11.8. The predicted octanol–water partition coefficient (Wildman–Crippen LogP) is 5.12. The molecule has 1 aromatic carbocycles. The molecule has 0 amide bonds. The molecule has 4 heterocycles. The first kappa shape index (κ1) is 18.3. The summed E-state index contributed by atoms with van der Waals surface area (Å²) in [7, 11) is 0. The Labute approximate surface area is 174 Å². The van der Waals surface area contributed by atoms with Gasteiger partial charge in [-0.2, -0.15) is 5.10 Å². The Morgan fingerprint density at radius 3 is 3.00 bits per heavy atom. The van der Waals surface area contributed by atoms with Crippen molar-refractivity contribution in [3.8, 4) is 11.1 Å². The van der Waals surface area contributed by atoms with Crippen LogP contribution in [0.1, 0.15) is 31.0 Å². The van der Waals surface area contributed by atoms with Crippen molar-refractivity contribution in [3.05, 3.63) is 54.0 Å². The molecular formula is C22H24N6S. The van der Waals surface area contributed by atoms with Crippen molar-refractivity contribution >= 4 is 32.5 Å². The maximum Gasteiger partial charge on any atom is 0.189 e. The fourth-order valence-electron chi connectivity index (χ4n) is 4.00. The van der Waals surface area contributed by atoms with Crippen LogP contribution in [0, 0.1) is 6.92 Å². The Bertz CT molecular complexity index is 1150. The molecule has 148 valence electrons. The van der Waals surface area contributed by atoms with Crippen LogP contribution in [0.15, 0.2) is 42.7 Å². The highest BCUT2D eigenvalue weighted by molar-refractivity contribution is 7.22. The van der Waals surface area contributed by atoms with Gasteiger partial charge < -0.3 is 5.32 Å². The molecule has 3 aromatic heterocycles. The van der Waals surface area contributed by atoms with Gasteiger partial charge in [0.15, 0.2) is 5.13 Å². The smallest absolute Gasteiger partial charge is 0.189 e. The third-order valence-corrected chi connectivity index (χ3v) is 6.60. The Balaban J connectivity index is 1.36. The lowest BCUT2D eigenvalue weighted by Crippen LogP contribution is -2.26. The first-order valence-corrected chi connectivity index (χ1v) is 10.8. The Kier molecular flexibility index (Phi) is 4.77. The number of anilines is 2. The van der Waals surface area contributed by atoms with Gasteiger partial charge in [-0.3, -0.25) is 10.00 Å². The van der Waals surface area contributed by atoms with Gasteiger partial charge in [0.05, 0.1) is 16.4 Å². The van der Waals surface area contributed by atoms with E-state index in [-0.39, 0.29) is 0 Å². The van der Waals surface area contributed by atoms with Crippen molar-refractivity contribution in [1.82, 2.24) is 25.1 Å². The standard InChI is InChI=1S/C22H24N6S/c1-14-4-3-9-28(14)13-16-7-8-23-21(10-16)26-22-25-19-6-5-17(11-20(19)29-22)18-12-24-27-15(18)2/h5-8,10-12,14H,3-4,9,13H2,1-2H3,(H,24,27)(H,23,25,26)/t14-/m1/s1. The molecule has 0 saturated carbocycles. The molecule has 0 bridgehead atoms. The molecule has 4 aromatic rings. The molecule has 1 aliphatic rings. The van der Waals surface area contributed by atoms with Crippen LogP contribution in [0.5, 0.6) is 0 Å². The molecular weight excluding hydrogens is 380 g/mol. The fourth-order valence-corrected chi connectivity index (χ4v) is 4.91. The van der Waals surface area contributed by atoms with E-state index in [1.54, 1.807) is 11.3 Å². The number of fused-ring (bicyclic) bond motifs is 1. The van der Waals surface area contributed by atoms with Crippen molar-refractivity contribution in [3.63, 3.8) is 0 Å². The highest BCUT2D eigenvalue weighted by Gasteiger charge is 2.20. The molecule has 0 radical (unpaired) electrons. The fraction of sp³-hybridized carbons (Fsp3) is 0.318. The van der Waals surface area contributed by atoms with Crippen LogP contribution in [0.25, 0.3) is 21.3 Å². The molecule has 29 heavy (non-hydrogen) atoms. The molecule has 5 rings (SSSR count). The first-order valence-electron chi connectivity index (χ1n) is 10.0. The van der Waals surface area contributed by atoms with Gasteiger partial charge in [-0.15, -0.1) is 0 Å². The van der Waals surface area contributed by atoms with Crippen molar-refractivity contribution in [2.75, 3.05) is 11.9 Å². The zero-order chi connectivity index (χ0) is 19.8. The second-order valence-corrected chi connectivity index (χ2v) is 8.78. The minimum atomic E-state index is 0.664. The summed E-state index contributed by atoms with van der Waals surface area (Å²) in [6, 6.07) is 11.2. The van der Waals surface area contributed by atoms with Crippen molar-refractivity contribution in [2.24, 2.45) is 0 Å². The summed E-state index contributed by atoms with van der Waals surface area (Å²) in [5.41, 5.74) is 5.62. The van der Waals surface area contributed by atoms with E-state index in [1.807, 2.05) is 19.3 Å². The van der Waals surface area contributed by atoms with Crippen LogP contribution in [0.4, 0.5) is 10.9 Å². The average molecular weight is 405 g/mol. The molecule has 2 N–H and O–H groups in total. The number of thiazole rings is 1. The maximum atomic E-state index is 4.73. The minimum absolute atomic E-state index is 0.664. The quantitative estimate of drug-likeness (QED) is 0.483. The highest BCUT2D eigenvalue weighted by atomic mass is 32.1. The van der Waals surface area contributed by atoms with Gasteiger partial charge >= 0.3 is 0 Å². The molecule has 1 aliphatic heterocycles. The second-order valence-electron chi connectivity index (χ2n) is 7.75. The molecule has 1 atom stereocenters. The van der Waals surface area contributed by atoms with Gasteiger partial charge in [-0.05, 0) is 68.6 Å². The number of benzene rings is 1. The minimum Gasteiger partial charge on any atom is -0.316 e. The van der Waals surface area contributed by atoms with Crippen LogP contribution >= 0.6 is 11.3 Å². The molecule has 1 saturated heterocycles. The van der Waals surface area contributed by atoms with Crippen molar-refractivity contribution in [2.45, 2.75) is 39.3 Å². The zero-order valence-corrected chi connectivity index (χ0v) is 17.5. The largest absolute Gasteiger partial charge is 0.316 e. The van der Waals surface area contributed by atoms with Crippen molar-refractivity contribution in [1.29, 1.82) is 0 Å². The predicted molar refractivity (Wildman–Crippen MR) is 119 cm³/mol. The molecule has 0 unspecified atom stereocenters. The summed E-state index contributed by atoms with van der Waals surface area (Å²) >= 11 is 1.65. The number of aromatic nitrogens is 4. The van der Waals surface area contributed by atoms with Gasteiger partial charge in [0.25, 0.3) is 0 Å². The number of aromatic amines is 1. The summed E-state index contributed by atoms with van der Waals surface area (Å²) in [6.07, 6.45) is 6.34. The number of nitrogens with zero attached hydrogens (tertiary/aromatic N) is 4. The molecule has 1 fully saturated rings. The Hall–Kier alpha value is -2.77. The summed E-state index contributed by atoms with van der Waals surface area (Å²) in [5.74, 6) is 0.847. The summed E-state index contributed by atoms with van der Waals surface area (Å²) in [6.45, 7) is 6.51. The Morgan fingerprint density at radius 2 is 2.21 bits per heavy atom. The summed E-state index contributed by atoms with van der Waals surface area (Å²) < 4.78 is 1.15. The lowest BCUT2D eigenvalue weighted by Gasteiger charge is -2.21. The lowest BCUT2D eigenvalue weighted by molar-refractivity contribution is 0.260. The normalized spacial score (nSPS) is 17.2. The molecule has 0 aliphatic carbocycles. The lowest BCUT2D eigenvalue weighted by atomic mass is 10.1. The first-order chi connectivity index (χ1) is 14.2. The van der Waals surface area contributed by atoms with Gasteiger partial charge in [0.1, 0.15) is 5.82 Å². The number of H-pyrrole nitrogens is 1. The highest BCUT2D eigenvalue weighted by Crippen LogP contribution is 2.32. The van der Waals surface area contributed by atoms with Gasteiger partial charge in [-0.25, -0.2) is 9.97 Å². The van der Waals surface area contributed by atoms with Gasteiger partial charge in [0.2, 0.25) is 0 Å². The zero-order valence-electron chi connectivity index (χ0n) is 16.6. The maximum absolute atomic E-state index is 4.73. The van der Waals surface area contributed by atoms with E-state index in [0.717, 1.165) is 44.5 Å². The van der Waals surface area contributed by atoms with E-state index in [1.165, 1.54) is 24.9 Å². The van der Waals surface area contributed by atoms with E-state index in [9.17, 15) is 0 Å². The van der Waals surface area contributed by atoms with E-state index in [2.05, 4.69) is 62.7 Å². The van der Waals surface area contributed by atoms with Crippen LogP contribution in [-0.2, 0) is 6.54 Å². The second kappa shape index (κ2) is 7.57. The third kappa shape index (κ3) is 3.75. The number of hydrogen-bond donors (Lipinski definition) is 2. The number of pyridine rings is 1. The molecule has 6 nitrogen and oxygen atoms in total. The van der Waals surface area contributed by atoms with Crippen LogP contribution in [-0.4, -0.2) is 37.7 Å². The average Bonchev–Trinajstić information content (AvgIpc) is 3.42. The molecule has 7 heteroatoms. The van der Waals surface area contributed by atoms with E-state index in [0.29, 0.717) is 6.04 Å². The van der Waals surface area contributed by atoms with Gasteiger partial charge in [-0.1, -0.05) is 17.4 Å². The van der Waals surface area contributed by atoms with Crippen molar-refractivity contribution < 1.29 is 0 Å². The number of rotatable bonds is 5. The van der Waals surface area contributed by atoms with Crippen LogP contribution < -0.4 is 5.32 Å². The van der Waals surface area contributed by atoms with Crippen LogP contribution in [0.3, 0.4) is 0 Å². The monoisotopic (exact) mass is 404 g/mol. The van der Waals surface area contributed by atoms with E-state index >= 15 is 0 Å². The van der Waals surface area contributed by atoms with E-state index in [4.69, 9.17) is 4.98 Å².